The molecule has 0 bridgehead atoms. The van der Waals surface area contributed by atoms with Crippen molar-refractivity contribution in [3.8, 4) is 0 Å². The predicted molar refractivity (Wildman–Crippen MR) is 114 cm³/mol. The topological polar surface area (TPSA) is 82.6 Å². The number of benzene rings is 1. The van der Waals surface area contributed by atoms with Gasteiger partial charge in [-0.2, -0.15) is 0 Å². The number of sulfonamides is 1. The molecule has 0 radical (unpaired) electrons. The third kappa shape index (κ3) is 5.85. The van der Waals surface area contributed by atoms with Crippen molar-refractivity contribution in [1.29, 1.82) is 0 Å². The summed E-state index contributed by atoms with van der Waals surface area (Å²) in [5.41, 5.74) is 2.08. The van der Waals surface area contributed by atoms with E-state index in [4.69, 9.17) is 0 Å². The van der Waals surface area contributed by atoms with Crippen molar-refractivity contribution in [2.45, 2.75) is 37.6 Å². The molecule has 1 aliphatic heterocycles. The van der Waals surface area contributed by atoms with Gasteiger partial charge in [0.05, 0.1) is 15.6 Å². The van der Waals surface area contributed by atoms with Gasteiger partial charge >= 0.3 is 0 Å². The van der Waals surface area contributed by atoms with Gasteiger partial charge in [0.25, 0.3) is 0 Å². The zero-order valence-corrected chi connectivity index (χ0v) is 18.6. The van der Waals surface area contributed by atoms with Crippen LogP contribution in [0.3, 0.4) is 0 Å². The third-order valence-corrected chi connectivity index (χ3v) is 7.61. The molecule has 0 unspecified atom stereocenters. The summed E-state index contributed by atoms with van der Waals surface area (Å²) in [4.78, 5) is 21.7. The van der Waals surface area contributed by atoms with Crippen LogP contribution in [-0.4, -0.2) is 62.3 Å². The second-order valence-electron chi connectivity index (χ2n) is 7.09. The first-order valence-corrected chi connectivity index (χ1v) is 12.2. The van der Waals surface area contributed by atoms with E-state index in [2.05, 4.69) is 26.9 Å². The molecule has 0 atom stereocenters. The first-order chi connectivity index (χ1) is 13.9. The largest absolute Gasteiger partial charge is 0.340 e. The molecule has 1 aromatic heterocycles. The van der Waals surface area contributed by atoms with Crippen molar-refractivity contribution in [2.75, 3.05) is 33.2 Å². The van der Waals surface area contributed by atoms with Crippen LogP contribution < -0.4 is 4.72 Å². The van der Waals surface area contributed by atoms with Gasteiger partial charge in [0.2, 0.25) is 15.9 Å². The highest BCUT2D eigenvalue weighted by Crippen LogP contribution is 2.15. The standard InChI is InChI=1S/C20H28N4O3S2/c1-3-19-22-17(15-28-19)14-23-10-12-24(13-11-23)20(25)9-6-16-4-7-18(8-5-16)29(26,27)21-2/h4-5,7-8,15,21H,3,6,9-14H2,1-2H3. The molecule has 0 spiro atoms. The lowest BCUT2D eigenvalue weighted by Crippen LogP contribution is -2.48. The Labute approximate surface area is 176 Å². The maximum absolute atomic E-state index is 12.5. The normalized spacial score (nSPS) is 15.6. The number of thiazole rings is 1. The lowest BCUT2D eigenvalue weighted by molar-refractivity contribution is -0.133. The fourth-order valence-electron chi connectivity index (χ4n) is 3.33. The van der Waals surface area contributed by atoms with Crippen LogP contribution in [-0.2, 0) is 34.2 Å². The number of rotatable bonds is 8. The van der Waals surface area contributed by atoms with Crippen LogP contribution >= 0.6 is 11.3 Å². The van der Waals surface area contributed by atoms with Gasteiger partial charge in [-0.15, -0.1) is 11.3 Å². The fourth-order valence-corrected chi connectivity index (χ4v) is 4.80. The predicted octanol–water partition coefficient (Wildman–Crippen LogP) is 1.89. The SMILES string of the molecule is CCc1nc(CN2CCN(C(=O)CCc3ccc(S(=O)(=O)NC)cc3)CC2)cs1. The summed E-state index contributed by atoms with van der Waals surface area (Å²) >= 11 is 1.71. The average Bonchev–Trinajstić information content (AvgIpc) is 3.20. The van der Waals surface area contributed by atoms with Crippen LogP contribution in [0, 0.1) is 0 Å². The average molecular weight is 437 g/mol. The number of hydrogen-bond donors (Lipinski definition) is 1. The third-order valence-electron chi connectivity index (χ3n) is 5.14. The number of hydrogen-bond acceptors (Lipinski definition) is 6. The molecule has 2 aromatic rings. The summed E-state index contributed by atoms with van der Waals surface area (Å²) in [7, 11) is -2.04. The number of nitrogens with zero attached hydrogens (tertiary/aromatic N) is 3. The van der Waals surface area contributed by atoms with E-state index in [1.807, 2.05) is 4.90 Å². The Balaban J connectivity index is 1.44. The van der Waals surface area contributed by atoms with Gasteiger partial charge < -0.3 is 4.90 Å². The molecule has 1 fully saturated rings. The molecule has 1 amide bonds. The van der Waals surface area contributed by atoms with E-state index < -0.39 is 10.0 Å². The van der Waals surface area contributed by atoms with Gasteiger partial charge in [-0.05, 0) is 37.6 Å². The quantitative estimate of drug-likeness (QED) is 0.683. The van der Waals surface area contributed by atoms with E-state index in [1.165, 1.54) is 12.1 Å². The molecule has 2 heterocycles. The van der Waals surface area contributed by atoms with Gasteiger partial charge in [-0.25, -0.2) is 18.1 Å². The lowest BCUT2D eigenvalue weighted by atomic mass is 10.1. The Morgan fingerprint density at radius 1 is 1.17 bits per heavy atom. The van der Waals surface area contributed by atoms with Crippen molar-refractivity contribution < 1.29 is 13.2 Å². The van der Waals surface area contributed by atoms with Crippen molar-refractivity contribution in [3.63, 3.8) is 0 Å². The summed E-state index contributed by atoms with van der Waals surface area (Å²) in [5, 5.41) is 3.30. The van der Waals surface area contributed by atoms with Gasteiger partial charge in [0, 0.05) is 44.5 Å². The Morgan fingerprint density at radius 2 is 1.86 bits per heavy atom. The summed E-state index contributed by atoms with van der Waals surface area (Å²) in [5.74, 6) is 0.151. The number of aromatic nitrogens is 1. The molecule has 1 saturated heterocycles. The highest BCUT2D eigenvalue weighted by Gasteiger charge is 2.21. The monoisotopic (exact) mass is 436 g/mol. The fraction of sp³-hybridized carbons (Fsp3) is 0.500. The van der Waals surface area contributed by atoms with Gasteiger partial charge in [-0.1, -0.05) is 19.1 Å². The summed E-state index contributed by atoms with van der Waals surface area (Å²) in [6.07, 6.45) is 2.02. The molecule has 1 aliphatic rings. The minimum absolute atomic E-state index is 0.151. The summed E-state index contributed by atoms with van der Waals surface area (Å²) in [6.45, 7) is 6.17. The Hall–Kier alpha value is -1.81. The van der Waals surface area contributed by atoms with Crippen LogP contribution in [0.25, 0.3) is 0 Å². The number of nitrogens with one attached hydrogen (secondary N) is 1. The maximum Gasteiger partial charge on any atom is 0.240 e. The number of carbonyl (C=O) groups is 1. The van der Waals surface area contributed by atoms with E-state index in [1.54, 1.807) is 35.6 Å². The molecule has 3 rings (SSSR count). The maximum atomic E-state index is 12.5. The van der Waals surface area contributed by atoms with Crippen molar-refractivity contribution in [2.24, 2.45) is 0 Å². The molecular weight excluding hydrogens is 408 g/mol. The number of piperazine rings is 1. The Bertz CT molecular complexity index is 917. The van der Waals surface area contributed by atoms with Crippen LogP contribution in [0.1, 0.15) is 29.6 Å². The van der Waals surface area contributed by atoms with Crippen LogP contribution in [0.4, 0.5) is 0 Å². The molecule has 158 valence electrons. The second kappa shape index (κ2) is 9.80. The molecule has 1 aromatic carbocycles. The molecular formula is C20H28N4O3S2. The molecule has 7 nitrogen and oxygen atoms in total. The Kier molecular flexibility index (Phi) is 7.39. The van der Waals surface area contributed by atoms with Crippen LogP contribution in [0.2, 0.25) is 0 Å². The molecule has 9 heteroatoms. The second-order valence-corrected chi connectivity index (χ2v) is 9.92. The first-order valence-electron chi connectivity index (χ1n) is 9.87. The molecule has 0 aliphatic carbocycles. The van der Waals surface area contributed by atoms with E-state index >= 15 is 0 Å². The van der Waals surface area contributed by atoms with E-state index in [9.17, 15) is 13.2 Å². The number of aryl methyl sites for hydroxylation is 2. The molecule has 1 N–H and O–H groups in total. The summed E-state index contributed by atoms with van der Waals surface area (Å²) in [6, 6.07) is 6.70. The van der Waals surface area contributed by atoms with E-state index in [0.717, 1.165) is 50.4 Å². The van der Waals surface area contributed by atoms with Crippen LogP contribution in [0.5, 0.6) is 0 Å². The highest BCUT2D eigenvalue weighted by atomic mass is 32.2. The zero-order chi connectivity index (χ0) is 20.9. The molecule has 29 heavy (non-hydrogen) atoms. The summed E-state index contributed by atoms with van der Waals surface area (Å²) < 4.78 is 25.8. The van der Waals surface area contributed by atoms with Gasteiger partial charge in [0.15, 0.2) is 0 Å². The van der Waals surface area contributed by atoms with E-state index in [-0.39, 0.29) is 10.8 Å². The van der Waals surface area contributed by atoms with Crippen molar-refractivity contribution in [1.82, 2.24) is 19.5 Å². The van der Waals surface area contributed by atoms with Crippen LogP contribution in [0.15, 0.2) is 34.5 Å². The van der Waals surface area contributed by atoms with Gasteiger partial charge in [-0.3, -0.25) is 9.69 Å². The zero-order valence-electron chi connectivity index (χ0n) is 16.9. The van der Waals surface area contributed by atoms with Crippen molar-refractivity contribution in [3.05, 3.63) is 45.9 Å². The Morgan fingerprint density at radius 3 is 2.45 bits per heavy atom. The van der Waals surface area contributed by atoms with Gasteiger partial charge in [0.1, 0.15) is 0 Å². The minimum Gasteiger partial charge on any atom is -0.340 e. The molecule has 0 saturated carbocycles. The van der Waals surface area contributed by atoms with E-state index in [0.29, 0.717) is 12.8 Å². The minimum atomic E-state index is -3.43. The lowest BCUT2D eigenvalue weighted by Gasteiger charge is -2.34. The highest BCUT2D eigenvalue weighted by molar-refractivity contribution is 7.89. The number of amides is 1. The first kappa shape index (κ1) is 21.9. The van der Waals surface area contributed by atoms with Crippen molar-refractivity contribution >= 4 is 27.3 Å². The number of carbonyl (C=O) groups excluding carboxylic acids is 1. The smallest absolute Gasteiger partial charge is 0.240 e.